The molecule has 3 rings (SSSR count). The SMILES string of the molecule is COc1ccc(S(=O)(=O)NCc2ccccc2Cl)c2cccnc12. The largest absolute Gasteiger partial charge is 0.494 e. The van der Waals surface area contributed by atoms with E-state index in [1.807, 2.05) is 6.07 Å². The molecule has 124 valence electrons. The first-order valence-corrected chi connectivity index (χ1v) is 9.04. The van der Waals surface area contributed by atoms with E-state index in [0.717, 1.165) is 0 Å². The second-order valence-corrected chi connectivity index (χ2v) is 7.22. The zero-order valence-electron chi connectivity index (χ0n) is 12.9. The number of nitrogens with one attached hydrogen (secondary N) is 1. The van der Waals surface area contributed by atoms with Gasteiger partial charge in [0.1, 0.15) is 11.3 Å². The summed E-state index contributed by atoms with van der Waals surface area (Å²) in [6, 6.07) is 13.6. The number of pyridine rings is 1. The van der Waals surface area contributed by atoms with Crippen molar-refractivity contribution in [2.75, 3.05) is 7.11 Å². The van der Waals surface area contributed by atoms with E-state index in [-0.39, 0.29) is 11.4 Å². The highest BCUT2D eigenvalue weighted by Crippen LogP contribution is 2.29. The van der Waals surface area contributed by atoms with Crippen LogP contribution in [0.1, 0.15) is 5.56 Å². The average Bonchev–Trinajstić information content (AvgIpc) is 2.60. The van der Waals surface area contributed by atoms with Gasteiger partial charge in [-0.2, -0.15) is 0 Å². The summed E-state index contributed by atoms with van der Waals surface area (Å²) in [5.74, 6) is 0.524. The molecule has 5 nitrogen and oxygen atoms in total. The summed E-state index contributed by atoms with van der Waals surface area (Å²) in [4.78, 5) is 4.37. The van der Waals surface area contributed by atoms with E-state index in [1.165, 1.54) is 13.2 Å². The molecule has 0 amide bonds. The van der Waals surface area contributed by atoms with Crippen LogP contribution in [0, 0.1) is 0 Å². The Kier molecular flexibility index (Phi) is 4.71. The van der Waals surface area contributed by atoms with E-state index in [0.29, 0.717) is 27.2 Å². The van der Waals surface area contributed by atoms with Gasteiger partial charge in [-0.3, -0.25) is 4.98 Å². The Morgan fingerprint density at radius 3 is 2.67 bits per heavy atom. The monoisotopic (exact) mass is 362 g/mol. The van der Waals surface area contributed by atoms with Crippen molar-refractivity contribution in [1.82, 2.24) is 9.71 Å². The Morgan fingerprint density at radius 1 is 1.12 bits per heavy atom. The fourth-order valence-corrected chi connectivity index (χ4v) is 3.82. The van der Waals surface area contributed by atoms with Gasteiger partial charge in [-0.05, 0) is 35.9 Å². The van der Waals surface area contributed by atoms with Gasteiger partial charge in [-0.25, -0.2) is 13.1 Å². The van der Waals surface area contributed by atoms with Crippen LogP contribution in [-0.2, 0) is 16.6 Å². The van der Waals surface area contributed by atoms with E-state index in [9.17, 15) is 8.42 Å². The van der Waals surface area contributed by atoms with Crippen molar-refractivity contribution in [2.24, 2.45) is 0 Å². The highest BCUT2D eigenvalue weighted by Gasteiger charge is 2.19. The fourth-order valence-electron chi connectivity index (χ4n) is 2.41. The lowest BCUT2D eigenvalue weighted by Gasteiger charge is -2.12. The summed E-state index contributed by atoms with van der Waals surface area (Å²) < 4.78 is 33.2. The van der Waals surface area contributed by atoms with E-state index < -0.39 is 10.0 Å². The Labute approximate surface area is 145 Å². The molecule has 0 radical (unpaired) electrons. The topological polar surface area (TPSA) is 68.3 Å². The van der Waals surface area contributed by atoms with Crippen LogP contribution in [0.15, 0.2) is 59.6 Å². The van der Waals surface area contributed by atoms with Crippen molar-refractivity contribution in [3.8, 4) is 5.75 Å². The van der Waals surface area contributed by atoms with Gasteiger partial charge >= 0.3 is 0 Å². The van der Waals surface area contributed by atoms with Gasteiger partial charge < -0.3 is 4.74 Å². The lowest BCUT2D eigenvalue weighted by molar-refractivity contribution is 0.418. The molecule has 0 saturated heterocycles. The molecular formula is C17H15ClN2O3S. The Morgan fingerprint density at radius 2 is 1.92 bits per heavy atom. The van der Waals surface area contributed by atoms with Crippen molar-refractivity contribution in [2.45, 2.75) is 11.4 Å². The molecule has 0 atom stereocenters. The van der Waals surface area contributed by atoms with E-state index in [2.05, 4.69) is 9.71 Å². The molecule has 0 spiro atoms. The number of hydrogen-bond acceptors (Lipinski definition) is 4. The molecule has 0 aliphatic heterocycles. The fraction of sp³-hybridized carbons (Fsp3) is 0.118. The zero-order valence-corrected chi connectivity index (χ0v) is 14.4. The maximum Gasteiger partial charge on any atom is 0.241 e. The molecule has 1 N–H and O–H groups in total. The van der Waals surface area contributed by atoms with Gasteiger partial charge in [0.2, 0.25) is 10.0 Å². The number of halogens is 1. The number of ether oxygens (including phenoxy) is 1. The number of aromatic nitrogens is 1. The minimum absolute atomic E-state index is 0.107. The number of fused-ring (bicyclic) bond motifs is 1. The third kappa shape index (κ3) is 3.21. The summed E-state index contributed by atoms with van der Waals surface area (Å²) >= 11 is 6.07. The molecule has 0 bridgehead atoms. The predicted octanol–water partition coefficient (Wildman–Crippen LogP) is 3.38. The first kappa shape index (κ1) is 16.7. The summed E-state index contributed by atoms with van der Waals surface area (Å²) in [6.07, 6.45) is 1.60. The quantitative estimate of drug-likeness (QED) is 0.755. The molecule has 0 aliphatic carbocycles. The Bertz CT molecular complexity index is 990. The zero-order chi connectivity index (χ0) is 17.2. The molecule has 0 saturated carbocycles. The summed E-state index contributed by atoms with van der Waals surface area (Å²) in [5.41, 5.74) is 1.21. The lowest BCUT2D eigenvalue weighted by atomic mass is 10.2. The van der Waals surface area contributed by atoms with Gasteiger partial charge in [0.05, 0.1) is 12.0 Å². The first-order valence-electron chi connectivity index (χ1n) is 7.18. The third-order valence-electron chi connectivity index (χ3n) is 3.61. The number of sulfonamides is 1. The molecule has 0 unspecified atom stereocenters. The van der Waals surface area contributed by atoms with E-state index >= 15 is 0 Å². The van der Waals surface area contributed by atoms with Crippen LogP contribution in [0.3, 0.4) is 0 Å². The number of methoxy groups -OCH3 is 1. The molecule has 2 aromatic carbocycles. The predicted molar refractivity (Wildman–Crippen MR) is 93.8 cm³/mol. The number of rotatable bonds is 5. The smallest absolute Gasteiger partial charge is 0.241 e. The maximum absolute atomic E-state index is 12.7. The Balaban J connectivity index is 1.99. The summed E-state index contributed by atoms with van der Waals surface area (Å²) in [5, 5.41) is 1.02. The van der Waals surface area contributed by atoms with Crippen molar-refractivity contribution < 1.29 is 13.2 Å². The highest BCUT2D eigenvalue weighted by atomic mass is 35.5. The van der Waals surface area contributed by atoms with Gasteiger partial charge in [0, 0.05) is 23.2 Å². The van der Waals surface area contributed by atoms with Crippen LogP contribution in [0.4, 0.5) is 0 Å². The minimum atomic E-state index is -3.73. The third-order valence-corrected chi connectivity index (χ3v) is 5.44. The van der Waals surface area contributed by atoms with Crippen LogP contribution in [-0.4, -0.2) is 20.5 Å². The standard InChI is InChI=1S/C17H15ClN2O3S/c1-23-15-8-9-16(13-6-4-10-19-17(13)15)24(21,22)20-11-12-5-2-3-7-14(12)18/h2-10,20H,11H2,1H3. The molecule has 7 heteroatoms. The van der Waals surface area contributed by atoms with E-state index in [1.54, 1.807) is 42.6 Å². The van der Waals surface area contributed by atoms with Gasteiger partial charge in [0.15, 0.2) is 0 Å². The van der Waals surface area contributed by atoms with Crippen molar-refractivity contribution >= 4 is 32.5 Å². The van der Waals surface area contributed by atoms with Crippen molar-refractivity contribution in [3.05, 3.63) is 65.3 Å². The molecule has 1 heterocycles. The molecule has 0 fully saturated rings. The molecule has 3 aromatic rings. The normalized spacial score (nSPS) is 11.6. The molecule has 24 heavy (non-hydrogen) atoms. The maximum atomic E-state index is 12.7. The van der Waals surface area contributed by atoms with Crippen LogP contribution in [0.2, 0.25) is 5.02 Å². The number of nitrogens with zero attached hydrogens (tertiary/aromatic N) is 1. The van der Waals surface area contributed by atoms with Crippen LogP contribution in [0.5, 0.6) is 5.75 Å². The minimum Gasteiger partial charge on any atom is -0.494 e. The van der Waals surface area contributed by atoms with Crippen molar-refractivity contribution in [3.63, 3.8) is 0 Å². The second kappa shape index (κ2) is 6.76. The molecule has 1 aromatic heterocycles. The van der Waals surface area contributed by atoms with Crippen LogP contribution in [0.25, 0.3) is 10.9 Å². The molecular weight excluding hydrogens is 348 g/mol. The lowest BCUT2D eigenvalue weighted by Crippen LogP contribution is -2.23. The average molecular weight is 363 g/mol. The second-order valence-electron chi connectivity index (χ2n) is 5.08. The van der Waals surface area contributed by atoms with Gasteiger partial charge in [-0.15, -0.1) is 0 Å². The van der Waals surface area contributed by atoms with Crippen LogP contribution >= 0.6 is 11.6 Å². The van der Waals surface area contributed by atoms with Crippen molar-refractivity contribution in [1.29, 1.82) is 0 Å². The van der Waals surface area contributed by atoms with Gasteiger partial charge in [0.25, 0.3) is 0 Å². The number of benzene rings is 2. The van der Waals surface area contributed by atoms with E-state index in [4.69, 9.17) is 16.3 Å². The Hall–Kier alpha value is -2.15. The van der Waals surface area contributed by atoms with Crippen LogP contribution < -0.4 is 9.46 Å². The summed E-state index contributed by atoms with van der Waals surface area (Å²) in [7, 11) is -2.21. The highest BCUT2D eigenvalue weighted by molar-refractivity contribution is 7.89. The molecule has 0 aliphatic rings. The number of hydrogen-bond donors (Lipinski definition) is 1. The first-order chi connectivity index (χ1) is 11.5. The van der Waals surface area contributed by atoms with Gasteiger partial charge in [-0.1, -0.05) is 29.8 Å². The summed E-state index contributed by atoms with van der Waals surface area (Å²) in [6.45, 7) is 0.107.